The molecule has 2 aromatic rings. The van der Waals surface area contributed by atoms with E-state index in [-0.39, 0.29) is 12.1 Å². The molecule has 3 rings (SSSR count). The zero-order chi connectivity index (χ0) is 20.8. The second kappa shape index (κ2) is 9.97. The zero-order valence-electron chi connectivity index (χ0n) is 17.9. The van der Waals surface area contributed by atoms with Crippen molar-refractivity contribution in [1.82, 2.24) is 5.32 Å². The Balaban J connectivity index is 1.51. The number of nitrogens with zero attached hydrogens (tertiary/aromatic N) is 1. The summed E-state index contributed by atoms with van der Waals surface area (Å²) in [5.41, 5.74) is 3.49. The Morgan fingerprint density at radius 2 is 1.62 bits per heavy atom. The number of rotatable bonds is 6. The molecular weight excluding hydrogens is 378 g/mol. The van der Waals surface area contributed by atoms with Crippen LogP contribution >= 0.6 is 12.2 Å². The van der Waals surface area contributed by atoms with Crippen LogP contribution in [0.5, 0.6) is 5.75 Å². The van der Waals surface area contributed by atoms with Crippen LogP contribution in [0.4, 0.5) is 11.4 Å². The van der Waals surface area contributed by atoms with E-state index in [0.29, 0.717) is 5.11 Å². The van der Waals surface area contributed by atoms with Crippen LogP contribution < -0.4 is 20.3 Å². The molecule has 156 valence electrons. The number of piperidine rings is 1. The first-order chi connectivity index (χ1) is 13.9. The van der Waals surface area contributed by atoms with E-state index in [9.17, 15) is 0 Å². The van der Waals surface area contributed by atoms with Crippen LogP contribution in [0.15, 0.2) is 48.5 Å². The summed E-state index contributed by atoms with van der Waals surface area (Å²) in [6.07, 6.45) is 2.73. The van der Waals surface area contributed by atoms with Crippen molar-refractivity contribution < 1.29 is 4.74 Å². The van der Waals surface area contributed by atoms with E-state index >= 15 is 0 Å². The summed E-state index contributed by atoms with van der Waals surface area (Å²) in [4.78, 5) is 2.49. The Morgan fingerprint density at radius 3 is 2.21 bits per heavy atom. The maximum atomic E-state index is 5.68. The number of hydrogen-bond acceptors (Lipinski definition) is 3. The Hall–Kier alpha value is -2.27. The highest BCUT2D eigenvalue weighted by molar-refractivity contribution is 7.80. The third-order valence-electron chi connectivity index (χ3n) is 5.37. The third-order valence-corrected chi connectivity index (χ3v) is 5.59. The molecule has 2 N–H and O–H groups in total. The van der Waals surface area contributed by atoms with Gasteiger partial charge in [-0.25, -0.2) is 0 Å². The lowest BCUT2D eigenvalue weighted by molar-refractivity contribution is 0.242. The van der Waals surface area contributed by atoms with Crippen molar-refractivity contribution in [1.29, 1.82) is 0 Å². The standard InChI is InChI=1S/C24H33N3OS/c1-17(2)28-23-11-7-21(8-12-23)26-24(29)25-19(4)20-5-9-22(10-6-20)27-15-13-18(3)14-16-27/h5-12,17-19H,13-16H2,1-4H3,(H2,25,26,29)/t19-/m0/s1. The topological polar surface area (TPSA) is 36.5 Å². The van der Waals surface area contributed by atoms with Crippen molar-refractivity contribution in [2.75, 3.05) is 23.3 Å². The smallest absolute Gasteiger partial charge is 0.171 e. The minimum atomic E-state index is 0.133. The van der Waals surface area contributed by atoms with Crippen molar-refractivity contribution in [3.63, 3.8) is 0 Å². The van der Waals surface area contributed by atoms with E-state index < -0.39 is 0 Å². The quantitative estimate of drug-likeness (QED) is 0.591. The molecule has 29 heavy (non-hydrogen) atoms. The highest BCUT2D eigenvalue weighted by Crippen LogP contribution is 2.25. The van der Waals surface area contributed by atoms with Gasteiger partial charge < -0.3 is 20.3 Å². The normalized spacial score (nSPS) is 15.8. The number of nitrogens with one attached hydrogen (secondary N) is 2. The van der Waals surface area contributed by atoms with Gasteiger partial charge >= 0.3 is 0 Å². The molecule has 0 spiro atoms. The molecule has 0 aromatic heterocycles. The monoisotopic (exact) mass is 411 g/mol. The molecule has 1 heterocycles. The fourth-order valence-corrected chi connectivity index (χ4v) is 3.87. The molecule has 0 bridgehead atoms. The van der Waals surface area contributed by atoms with Crippen molar-refractivity contribution in [3.8, 4) is 5.75 Å². The summed E-state index contributed by atoms with van der Waals surface area (Å²) in [5, 5.41) is 7.23. The lowest BCUT2D eigenvalue weighted by Gasteiger charge is -2.32. The average Bonchev–Trinajstić information content (AvgIpc) is 2.70. The second-order valence-electron chi connectivity index (χ2n) is 8.27. The summed E-state index contributed by atoms with van der Waals surface area (Å²) >= 11 is 5.49. The Bertz CT molecular complexity index is 781. The van der Waals surface area contributed by atoms with Crippen molar-refractivity contribution in [2.45, 2.75) is 52.7 Å². The van der Waals surface area contributed by atoms with Gasteiger partial charge in [0.05, 0.1) is 12.1 Å². The molecule has 0 aliphatic carbocycles. The molecule has 0 saturated carbocycles. The van der Waals surface area contributed by atoms with Crippen molar-refractivity contribution in [2.24, 2.45) is 5.92 Å². The number of hydrogen-bond donors (Lipinski definition) is 2. The van der Waals surface area contributed by atoms with Gasteiger partial charge in [0.2, 0.25) is 0 Å². The maximum absolute atomic E-state index is 5.68. The van der Waals surface area contributed by atoms with E-state index in [1.807, 2.05) is 38.1 Å². The summed E-state index contributed by atoms with van der Waals surface area (Å²) in [7, 11) is 0. The first-order valence-electron chi connectivity index (χ1n) is 10.6. The van der Waals surface area contributed by atoms with Crippen LogP contribution in [0.25, 0.3) is 0 Å². The van der Waals surface area contributed by atoms with E-state index in [1.54, 1.807) is 0 Å². The molecule has 4 nitrogen and oxygen atoms in total. The predicted molar refractivity (Wildman–Crippen MR) is 127 cm³/mol. The van der Waals surface area contributed by atoms with E-state index in [2.05, 4.69) is 53.6 Å². The highest BCUT2D eigenvalue weighted by Gasteiger charge is 2.16. The number of anilines is 2. The van der Waals surface area contributed by atoms with Gasteiger partial charge in [-0.15, -0.1) is 0 Å². The van der Waals surface area contributed by atoms with Crippen LogP contribution in [0.3, 0.4) is 0 Å². The lowest BCUT2D eigenvalue weighted by Crippen LogP contribution is -2.33. The molecule has 1 aliphatic rings. The van der Waals surface area contributed by atoms with Crippen molar-refractivity contribution >= 4 is 28.7 Å². The van der Waals surface area contributed by atoms with Crippen LogP contribution in [-0.4, -0.2) is 24.3 Å². The van der Waals surface area contributed by atoms with Gasteiger partial charge in [-0.05, 0) is 93.7 Å². The highest BCUT2D eigenvalue weighted by atomic mass is 32.1. The third kappa shape index (κ3) is 6.36. The molecule has 5 heteroatoms. The summed E-state index contributed by atoms with van der Waals surface area (Å²) in [6, 6.07) is 16.9. The van der Waals surface area contributed by atoms with Crippen molar-refractivity contribution in [3.05, 3.63) is 54.1 Å². The second-order valence-corrected chi connectivity index (χ2v) is 8.68. The maximum Gasteiger partial charge on any atom is 0.171 e. The fraction of sp³-hybridized carbons (Fsp3) is 0.458. The van der Waals surface area contributed by atoms with Crippen LogP contribution in [0.1, 0.15) is 52.1 Å². The molecule has 0 radical (unpaired) electrons. The first kappa shape index (κ1) is 21.4. The molecule has 2 aromatic carbocycles. The molecule has 1 fully saturated rings. The van der Waals surface area contributed by atoms with Crippen LogP contribution in [0.2, 0.25) is 0 Å². The molecule has 0 amide bonds. The average molecular weight is 412 g/mol. The summed E-state index contributed by atoms with van der Waals surface area (Å²) in [6.45, 7) is 10.8. The fourth-order valence-electron chi connectivity index (χ4n) is 3.58. The van der Waals surface area contributed by atoms with Gasteiger partial charge in [-0.2, -0.15) is 0 Å². The van der Waals surface area contributed by atoms with Gasteiger partial charge in [-0.1, -0.05) is 19.1 Å². The molecule has 0 unspecified atom stereocenters. The van der Waals surface area contributed by atoms with Gasteiger partial charge in [-0.3, -0.25) is 0 Å². The van der Waals surface area contributed by atoms with Gasteiger partial charge in [0, 0.05) is 24.5 Å². The van der Waals surface area contributed by atoms with Crippen LogP contribution in [-0.2, 0) is 0 Å². The summed E-state index contributed by atoms with van der Waals surface area (Å²) < 4.78 is 5.68. The Morgan fingerprint density at radius 1 is 1.00 bits per heavy atom. The Kier molecular flexibility index (Phi) is 7.37. The number of benzene rings is 2. The van der Waals surface area contributed by atoms with Gasteiger partial charge in [0.15, 0.2) is 5.11 Å². The minimum Gasteiger partial charge on any atom is -0.491 e. The molecule has 1 atom stereocenters. The van der Waals surface area contributed by atoms with E-state index in [4.69, 9.17) is 17.0 Å². The minimum absolute atomic E-state index is 0.133. The number of thiocarbonyl (C=S) groups is 1. The SMILES string of the molecule is CC1CCN(c2ccc([C@H](C)NC(=S)Nc3ccc(OC(C)C)cc3)cc2)CC1. The first-order valence-corrected chi connectivity index (χ1v) is 11.0. The van der Waals surface area contributed by atoms with E-state index in [1.165, 1.54) is 24.1 Å². The largest absolute Gasteiger partial charge is 0.491 e. The molecular formula is C24H33N3OS. The number of ether oxygens (including phenoxy) is 1. The molecule has 1 saturated heterocycles. The molecule has 1 aliphatic heterocycles. The van der Waals surface area contributed by atoms with Crippen LogP contribution in [0, 0.1) is 5.92 Å². The lowest BCUT2D eigenvalue weighted by atomic mass is 9.98. The van der Waals surface area contributed by atoms with Gasteiger partial charge in [0.1, 0.15) is 5.75 Å². The zero-order valence-corrected chi connectivity index (χ0v) is 18.8. The van der Waals surface area contributed by atoms with E-state index in [0.717, 1.165) is 30.4 Å². The Labute approximate surface area is 180 Å². The predicted octanol–water partition coefficient (Wildman–Crippen LogP) is 5.76. The summed E-state index contributed by atoms with van der Waals surface area (Å²) in [5.74, 6) is 1.71. The van der Waals surface area contributed by atoms with Gasteiger partial charge in [0.25, 0.3) is 0 Å².